The Morgan fingerprint density at radius 2 is 1.89 bits per heavy atom. The molecule has 1 saturated heterocycles. The van der Waals surface area contributed by atoms with E-state index in [1.54, 1.807) is 0 Å². The van der Waals surface area contributed by atoms with E-state index >= 15 is 0 Å². The van der Waals surface area contributed by atoms with E-state index in [0.717, 1.165) is 56.1 Å². The van der Waals surface area contributed by atoms with Crippen LogP contribution in [0.25, 0.3) is 0 Å². The second kappa shape index (κ2) is 6.69. The molecule has 1 amide bonds. The Morgan fingerprint density at radius 1 is 1.18 bits per heavy atom. The number of benzene rings is 1. The molecule has 6 heteroatoms. The third kappa shape index (κ3) is 3.24. The molecule has 0 bridgehead atoms. The molecule has 148 valence electrons. The van der Waals surface area contributed by atoms with E-state index in [-0.39, 0.29) is 17.3 Å². The number of hydrogen-bond acceptors (Lipinski definition) is 3. The number of halogens is 1. The maximum Gasteiger partial charge on any atom is 0.230 e. The minimum Gasteiger partial charge on any atom is -0.299 e. The van der Waals surface area contributed by atoms with E-state index in [4.69, 9.17) is 5.10 Å². The second-order valence-corrected chi connectivity index (χ2v) is 8.81. The highest BCUT2D eigenvalue weighted by Crippen LogP contribution is 2.43. The first-order valence-electron chi connectivity index (χ1n) is 10.4. The van der Waals surface area contributed by atoms with Gasteiger partial charge in [-0.25, -0.2) is 9.07 Å². The Bertz CT molecular complexity index is 878. The lowest BCUT2D eigenvalue weighted by atomic mass is 9.82. The van der Waals surface area contributed by atoms with Gasteiger partial charge < -0.3 is 0 Å². The predicted molar refractivity (Wildman–Crippen MR) is 106 cm³/mol. The molecule has 1 spiro atoms. The second-order valence-electron chi connectivity index (χ2n) is 8.81. The van der Waals surface area contributed by atoms with Gasteiger partial charge in [0, 0.05) is 32.2 Å². The molecule has 3 aliphatic rings. The maximum atomic E-state index is 13.1. The minimum absolute atomic E-state index is 0.194. The number of aromatic nitrogens is 2. The number of aryl methyl sites for hydroxylation is 1. The van der Waals surface area contributed by atoms with E-state index in [1.807, 2.05) is 24.0 Å². The first kappa shape index (κ1) is 17.9. The first-order valence-corrected chi connectivity index (χ1v) is 10.4. The Balaban J connectivity index is 1.34. The number of nitrogens with zero attached hydrogens (tertiary/aromatic N) is 4. The number of piperidine rings is 1. The SMILES string of the molecule is Cc1cc2n(n1)C1(CCN(Cc3ccc(F)cc3)CC1)CC(=O)N2CC1CC1. The molecule has 0 unspecified atom stereocenters. The molecule has 1 saturated carbocycles. The van der Waals surface area contributed by atoms with Crippen molar-refractivity contribution in [3.8, 4) is 0 Å². The van der Waals surface area contributed by atoms with Crippen LogP contribution in [-0.2, 0) is 16.9 Å². The van der Waals surface area contributed by atoms with E-state index in [0.29, 0.717) is 12.3 Å². The van der Waals surface area contributed by atoms with Crippen LogP contribution >= 0.6 is 0 Å². The Kier molecular flexibility index (Phi) is 4.27. The number of fused-ring (bicyclic) bond motifs is 2. The summed E-state index contributed by atoms with van der Waals surface area (Å²) in [5, 5.41) is 4.82. The average molecular weight is 382 g/mol. The van der Waals surface area contributed by atoms with E-state index in [1.165, 1.54) is 25.0 Å². The first-order chi connectivity index (χ1) is 13.5. The quantitative estimate of drug-likeness (QED) is 0.813. The molecule has 2 aromatic rings. The molecule has 2 fully saturated rings. The summed E-state index contributed by atoms with van der Waals surface area (Å²) in [5.41, 5.74) is 1.92. The number of hydrogen-bond donors (Lipinski definition) is 0. The van der Waals surface area contributed by atoms with Gasteiger partial charge in [0.25, 0.3) is 0 Å². The molecule has 28 heavy (non-hydrogen) atoms. The van der Waals surface area contributed by atoms with E-state index < -0.39 is 0 Å². The Hall–Kier alpha value is -2.21. The van der Waals surface area contributed by atoms with Crippen LogP contribution in [0.3, 0.4) is 0 Å². The topological polar surface area (TPSA) is 41.4 Å². The smallest absolute Gasteiger partial charge is 0.230 e. The highest BCUT2D eigenvalue weighted by atomic mass is 19.1. The van der Waals surface area contributed by atoms with Crippen molar-refractivity contribution in [2.75, 3.05) is 24.5 Å². The van der Waals surface area contributed by atoms with Gasteiger partial charge in [-0.05, 0) is 56.2 Å². The predicted octanol–water partition coefficient (Wildman–Crippen LogP) is 3.47. The highest BCUT2D eigenvalue weighted by molar-refractivity contribution is 5.94. The summed E-state index contributed by atoms with van der Waals surface area (Å²) in [6, 6.07) is 8.83. The van der Waals surface area contributed by atoms with Gasteiger partial charge >= 0.3 is 0 Å². The van der Waals surface area contributed by atoms with Crippen molar-refractivity contribution < 1.29 is 9.18 Å². The van der Waals surface area contributed by atoms with Crippen LogP contribution in [0.15, 0.2) is 30.3 Å². The molecule has 3 heterocycles. The van der Waals surface area contributed by atoms with Gasteiger partial charge in [0.15, 0.2) is 0 Å². The van der Waals surface area contributed by atoms with Crippen LogP contribution in [0.2, 0.25) is 0 Å². The van der Waals surface area contributed by atoms with Crippen molar-refractivity contribution in [2.45, 2.75) is 51.1 Å². The molecule has 5 nitrogen and oxygen atoms in total. The largest absolute Gasteiger partial charge is 0.299 e. The average Bonchev–Trinajstić information content (AvgIpc) is 3.41. The van der Waals surface area contributed by atoms with Crippen molar-refractivity contribution in [1.29, 1.82) is 0 Å². The fraction of sp³-hybridized carbons (Fsp3) is 0.545. The fourth-order valence-corrected chi connectivity index (χ4v) is 4.72. The maximum absolute atomic E-state index is 13.1. The zero-order chi connectivity index (χ0) is 19.3. The molecule has 0 radical (unpaired) electrons. The monoisotopic (exact) mass is 382 g/mol. The molecule has 1 aromatic heterocycles. The molecule has 0 atom stereocenters. The van der Waals surface area contributed by atoms with Crippen molar-refractivity contribution in [2.24, 2.45) is 5.92 Å². The molecule has 1 aliphatic carbocycles. The Labute approximate surface area is 165 Å². The van der Waals surface area contributed by atoms with Crippen molar-refractivity contribution in [3.05, 3.63) is 47.4 Å². The summed E-state index contributed by atoms with van der Waals surface area (Å²) in [5.74, 6) is 1.72. The fourth-order valence-electron chi connectivity index (χ4n) is 4.72. The van der Waals surface area contributed by atoms with Crippen LogP contribution in [0.4, 0.5) is 10.2 Å². The zero-order valence-corrected chi connectivity index (χ0v) is 16.4. The van der Waals surface area contributed by atoms with Crippen LogP contribution in [0.1, 0.15) is 43.4 Å². The number of rotatable bonds is 4. The van der Waals surface area contributed by atoms with Gasteiger partial charge in [-0.1, -0.05) is 12.1 Å². The lowest BCUT2D eigenvalue weighted by molar-refractivity contribution is -0.123. The van der Waals surface area contributed by atoms with Gasteiger partial charge in [0.2, 0.25) is 5.91 Å². The summed E-state index contributed by atoms with van der Waals surface area (Å²) in [6.45, 7) is 5.53. The molecular weight excluding hydrogens is 355 g/mol. The van der Waals surface area contributed by atoms with Crippen LogP contribution in [-0.4, -0.2) is 40.2 Å². The van der Waals surface area contributed by atoms with E-state index in [9.17, 15) is 9.18 Å². The number of amides is 1. The summed E-state index contributed by atoms with van der Waals surface area (Å²) < 4.78 is 15.3. The molecule has 5 rings (SSSR count). The summed E-state index contributed by atoms with van der Waals surface area (Å²) in [6.07, 6.45) is 4.87. The van der Waals surface area contributed by atoms with Crippen molar-refractivity contribution in [3.63, 3.8) is 0 Å². The van der Waals surface area contributed by atoms with Crippen molar-refractivity contribution >= 4 is 11.7 Å². The molecule has 2 aliphatic heterocycles. The van der Waals surface area contributed by atoms with Crippen molar-refractivity contribution in [1.82, 2.24) is 14.7 Å². The minimum atomic E-state index is -0.195. The standard InChI is InChI=1S/C22H27FN4O/c1-16-12-20-26(15-18-2-3-18)21(28)13-22(27(20)24-16)8-10-25(11-9-22)14-17-4-6-19(23)7-5-17/h4-7,12,18H,2-3,8-11,13-15H2,1H3. The molecule has 0 N–H and O–H groups in total. The van der Waals surface area contributed by atoms with Gasteiger partial charge in [0.05, 0.1) is 17.7 Å². The number of anilines is 1. The normalized spacial score (nSPS) is 21.9. The third-order valence-corrected chi connectivity index (χ3v) is 6.56. The molecular formula is C22H27FN4O. The van der Waals surface area contributed by atoms with Crippen LogP contribution < -0.4 is 4.90 Å². The number of carbonyl (C=O) groups is 1. The van der Waals surface area contributed by atoms with Gasteiger partial charge in [-0.3, -0.25) is 14.6 Å². The van der Waals surface area contributed by atoms with Gasteiger partial charge in [-0.15, -0.1) is 0 Å². The van der Waals surface area contributed by atoms with Gasteiger partial charge in [0.1, 0.15) is 11.6 Å². The third-order valence-electron chi connectivity index (χ3n) is 6.56. The number of likely N-dealkylation sites (tertiary alicyclic amines) is 1. The summed E-state index contributed by atoms with van der Waals surface area (Å²) in [4.78, 5) is 17.4. The zero-order valence-electron chi connectivity index (χ0n) is 16.4. The van der Waals surface area contributed by atoms with Crippen LogP contribution in [0, 0.1) is 18.7 Å². The number of carbonyl (C=O) groups excluding carboxylic acids is 1. The lowest BCUT2D eigenvalue weighted by Gasteiger charge is -2.46. The summed E-state index contributed by atoms with van der Waals surface area (Å²) in [7, 11) is 0. The van der Waals surface area contributed by atoms with Gasteiger partial charge in [-0.2, -0.15) is 5.10 Å². The Morgan fingerprint density at radius 3 is 2.57 bits per heavy atom. The molecule has 1 aromatic carbocycles. The van der Waals surface area contributed by atoms with Crippen LogP contribution in [0.5, 0.6) is 0 Å². The highest BCUT2D eigenvalue weighted by Gasteiger charge is 2.46. The summed E-state index contributed by atoms with van der Waals surface area (Å²) >= 11 is 0. The lowest BCUT2D eigenvalue weighted by Crippen LogP contribution is -2.54. The van der Waals surface area contributed by atoms with E-state index in [2.05, 4.69) is 15.6 Å².